The number of amides is 1. The number of benzene rings is 2. The van der Waals surface area contributed by atoms with Crippen LogP contribution in [0.2, 0.25) is 5.02 Å². The number of nitrogens with one attached hydrogen (secondary N) is 1. The van der Waals surface area contributed by atoms with E-state index in [1.807, 2.05) is 19.1 Å². The third-order valence-electron chi connectivity index (χ3n) is 4.55. The molecule has 3 rings (SSSR count). The van der Waals surface area contributed by atoms with Gasteiger partial charge in [0.15, 0.2) is 0 Å². The molecule has 1 saturated heterocycles. The van der Waals surface area contributed by atoms with Gasteiger partial charge in [0, 0.05) is 23.1 Å². The van der Waals surface area contributed by atoms with E-state index in [9.17, 15) is 13.2 Å². The lowest BCUT2D eigenvalue weighted by Crippen LogP contribution is -2.39. The molecule has 0 bridgehead atoms. The van der Waals surface area contributed by atoms with Crippen molar-refractivity contribution in [1.82, 2.24) is 4.31 Å². The second kappa shape index (κ2) is 8.31. The average Bonchev–Trinajstić information content (AvgIpc) is 2.63. The lowest BCUT2D eigenvalue weighted by atomic mass is 10.0. The van der Waals surface area contributed by atoms with Gasteiger partial charge in [-0.3, -0.25) is 4.79 Å². The number of nitrogens with zero attached hydrogens (tertiary/aromatic N) is 1. The van der Waals surface area contributed by atoms with Crippen molar-refractivity contribution in [2.24, 2.45) is 5.92 Å². The van der Waals surface area contributed by atoms with Gasteiger partial charge >= 0.3 is 0 Å². The minimum absolute atomic E-state index is 0.0296. The summed E-state index contributed by atoms with van der Waals surface area (Å²) >= 11 is 9.56. The number of rotatable bonds is 4. The number of para-hydroxylation sites is 1. The maximum absolute atomic E-state index is 13.0. The van der Waals surface area contributed by atoms with Gasteiger partial charge in [0.1, 0.15) is 4.90 Å². The molecule has 1 N–H and O–H groups in total. The van der Waals surface area contributed by atoms with E-state index in [0.717, 1.165) is 17.3 Å². The fraction of sp³-hybridized carbons (Fsp3) is 0.316. The van der Waals surface area contributed by atoms with Crippen molar-refractivity contribution in [2.75, 3.05) is 18.4 Å². The predicted octanol–water partition coefficient (Wildman–Crippen LogP) is 4.78. The van der Waals surface area contributed by atoms with Gasteiger partial charge < -0.3 is 5.32 Å². The molecule has 1 amide bonds. The highest BCUT2D eigenvalue weighted by atomic mass is 79.9. The summed E-state index contributed by atoms with van der Waals surface area (Å²) in [5.41, 5.74) is 0.838. The van der Waals surface area contributed by atoms with Gasteiger partial charge in [0.25, 0.3) is 5.91 Å². The molecule has 1 aliphatic rings. The van der Waals surface area contributed by atoms with E-state index in [4.69, 9.17) is 11.6 Å². The van der Waals surface area contributed by atoms with Crippen molar-refractivity contribution in [3.63, 3.8) is 0 Å². The SMILES string of the molecule is CC1CCCN(S(=O)(=O)c2cc(C(=O)Nc3ccccc3Br)ccc2Cl)C1. The third-order valence-corrected chi connectivity index (χ3v) is 7.59. The zero-order chi connectivity index (χ0) is 19.6. The summed E-state index contributed by atoms with van der Waals surface area (Å²) in [4.78, 5) is 12.6. The highest BCUT2D eigenvalue weighted by Gasteiger charge is 2.31. The van der Waals surface area contributed by atoms with Crippen LogP contribution < -0.4 is 5.32 Å². The summed E-state index contributed by atoms with van der Waals surface area (Å²) < 4.78 is 28.3. The fourth-order valence-electron chi connectivity index (χ4n) is 3.10. The van der Waals surface area contributed by atoms with Gasteiger partial charge in [-0.25, -0.2) is 8.42 Å². The fourth-order valence-corrected chi connectivity index (χ4v) is 5.59. The van der Waals surface area contributed by atoms with E-state index in [2.05, 4.69) is 21.2 Å². The Morgan fingerprint density at radius 2 is 2.00 bits per heavy atom. The van der Waals surface area contributed by atoms with E-state index in [-0.39, 0.29) is 15.5 Å². The minimum atomic E-state index is -3.75. The lowest BCUT2D eigenvalue weighted by molar-refractivity contribution is 0.102. The van der Waals surface area contributed by atoms with E-state index < -0.39 is 15.9 Å². The molecule has 1 unspecified atom stereocenters. The van der Waals surface area contributed by atoms with Gasteiger partial charge in [-0.05, 0) is 65.0 Å². The van der Waals surface area contributed by atoms with Crippen molar-refractivity contribution in [2.45, 2.75) is 24.7 Å². The number of hydrogen-bond donors (Lipinski definition) is 1. The Morgan fingerprint density at radius 3 is 2.70 bits per heavy atom. The summed E-state index contributed by atoms with van der Waals surface area (Å²) in [6.45, 7) is 2.97. The van der Waals surface area contributed by atoms with Crippen molar-refractivity contribution in [1.29, 1.82) is 0 Å². The number of halogens is 2. The lowest BCUT2D eigenvalue weighted by Gasteiger charge is -2.30. The van der Waals surface area contributed by atoms with Gasteiger partial charge in [-0.15, -0.1) is 0 Å². The molecule has 2 aromatic carbocycles. The standard InChI is InChI=1S/C19H20BrClN2O3S/c1-13-5-4-10-23(12-13)27(25,26)18-11-14(8-9-16(18)21)19(24)22-17-7-3-2-6-15(17)20/h2-3,6-9,11,13H,4-5,10,12H2,1H3,(H,22,24). The molecule has 1 fully saturated rings. The van der Waals surface area contributed by atoms with E-state index in [1.54, 1.807) is 12.1 Å². The van der Waals surface area contributed by atoms with Crippen LogP contribution in [0.25, 0.3) is 0 Å². The molecule has 27 heavy (non-hydrogen) atoms. The molecule has 1 atom stereocenters. The first-order chi connectivity index (χ1) is 12.8. The van der Waals surface area contributed by atoms with Crippen LogP contribution in [-0.2, 0) is 10.0 Å². The Kier molecular flexibility index (Phi) is 6.25. The van der Waals surface area contributed by atoms with Crippen LogP contribution in [0.5, 0.6) is 0 Å². The number of carbonyl (C=O) groups excluding carboxylic acids is 1. The molecular weight excluding hydrogens is 452 g/mol. The Balaban J connectivity index is 1.90. The van der Waals surface area contributed by atoms with Crippen LogP contribution in [-0.4, -0.2) is 31.7 Å². The van der Waals surface area contributed by atoms with Crippen LogP contribution in [0.3, 0.4) is 0 Å². The Bertz CT molecular complexity index is 965. The third kappa shape index (κ3) is 4.54. The highest BCUT2D eigenvalue weighted by molar-refractivity contribution is 9.10. The summed E-state index contributed by atoms with van der Waals surface area (Å²) in [5, 5.41) is 2.89. The summed E-state index contributed by atoms with van der Waals surface area (Å²) in [5.74, 6) is -0.101. The van der Waals surface area contributed by atoms with Gasteiger partial charge in [-0.2, -0.15) is 4.31 Å². The number of carbonyl (C=O) groups is 1. The minimum Gasteiger partial charge on any atom is -0.321 e. The molecule has 0 saturated carbocycles. The predicted molar refractivity (Wildman–Crippen MR) is 111 cm³/mol. The molecular formula is C19H20BrClN2O3S. The van der Waals surface area contributed by atoms with Crippen molar-refractivity contribution in [3.05, 3.63) is 57.5 Å². The molecule has 0 radical (unpaired) electrons. The molecule has 5 nitrogen and oxygen atoms in total. The van der Waals surface area contributed by atoms with E-state index in [1.165, 1.54) is 22.5 Å². The molecule has 144 valence electrons. The first kappa shape index (κ1) is 20.3. The molecule has 0 aromatic heterocycles. The molecule has 0 aliphatic carbocycles. The van der Waals surface area contributed by atoms with Crippen molar-refractivity contribution in [3.8, 4) is 0 Å². The molecule has 0 spiro atoms. The topological polar surface area (TPSA) is 66.5 Å². The summed E-state index contributed by atoms with van der Waals surface area (Å²) in [6.07, 6.45) is 1.83. The summed E-state index contributed by atoms with van der Waals surface area (Å²) in [7, 11) is -3.75. The second-order valence-electron chi connectivity index (χ2n) is 6.69. The first-order valence-electron chi connectivity index (χ1n) is 8.64. The van der Waals surface area contributed by atoms with Gasteiger partial charge in [-0.1, -0.05) is 30.7 Å². The quantitative estimate of drug-likeness (QED) is 0.698. The van der Waals surface area contributed by atoms with Gasteiger partial charge in [0.2, 0.25) is 10.0 Å². The van der Waals surface area contributed by atoms with Crippen LogP contribution in [0, 0.1) is 5.92 Å². The van der Waals surface area contributed by atoms with Crippen LogP contribution in [0.15, 0.2) is 51.8 Å². The van der Waals surface area contributed by atoms with Crippen molar-refractivity contribution >= 4 is 49.1 Å². The Labute approximate surface area is 172 Å². The van der Waals surface area contributed by atoms with Crippen molar-refractivity contribution < 1.29 is 13.2 Å². The zero-order valence-corrected chi connectivity index (χ0v) is 17.9. The van der Waals surface area contributed by atoms with Crippen LogP contribution in [0.4, 0.5) is 5.69 Å². The number of piperidine rings is 1. The number of sulfonamides is 1. The van der Waals surface area contributed by atoms with E-state index >= 15 is 0 Å². The normalized spacial score (nSPS) is 18.3. The van der Waals surface area contributed by atoms with Gasteiger partial charge in [0.05, 0.1) is 10.7 Å². The maximum atomic E-state index is 13.0. The monoisotopic (exact) mass is 470 g/mol. The van der Waals surface area contributed by atoms with Crippen LogP contribution in [0.1, 0.15) is 30.1 Å². The second-order valence-corrected chi connectivity index (χ2v) is 9.86. The summed E-state index contributed by atoms with van der Waals surface area (Å²) in [6, 6.07) is 11.5. The smallest absolute Gasteiger partial charge is 0.255 e. The van der Waals surface area contributed by atoms with E-state index in [0.29, 0.717) is 24.7 Å². The average molecular weight is 472 g/mol. The number of hydrogen-bond acceptors (Lipinski definition) is 3. The first-order valence-corrected chi connectivity index (χ1v) is 11.3. The molecule has 1 aliphatic heterocycles. The Morgan fingerprint density at radius 1 is 1.26 bits per heavy atom. The zero-order valence-electron chi connectivity index (χ0n) is 14.8. The maximum Gasteiger partial charge on any atom is 0.255 e. The highest BCUT2D eigenvalue weighted by Crippen LogP contribution is 2.29. The molecule has 2 aromatic rings. The number of anilines is 1. The Hall–Kier alpha value is -1.41. The van der Waals surface area contributed by atoms with Crippen LogP contribution >= 0.6 is 27.5 Å². The molecule has 8 heteroatoms. The molecule has 1 heterocycles. The largest absolute Gasteiger partial charge is 0.321 e.